The van der Waals surface area contributed by atoms with Gasteiger partial charge in [-0.3, -0.25) is 0 Å². The SMILES string of the molecule is COc1ccc(CCNc2cc(N3CCCCCC3)nc(C)n2)cc1OC. The number of nitrogens with one attached hydrogen (secondary N) is 1. The van der Waals surface area contributed by atoms with Gasteiger partial charge in [-0.2, -0.15) is 0 Å². The van der Waals surface area contributed by atoms with E-state index in [4.69, 9.17) is 9.47 Å². The van der Waals surface area contributed by atoms with Crippen molar-refractivity contribution >= 4 is 11.6 Å². The molecule has 1 N–H and O–H groups in total. The largest absolute Gasteiger partial charge is 0.493 e. The highest BCUT2D eigenvalue weighted by molar-refractivity contribution is 5.50. The zero-order valence-electron chi connectivity index (χ0n) is 16.6. The smallest absolute Gasteiger partial charge is 0.160 e. The molecule has 1 aromatic carbocycles. The van der Waals surface area contributed by atoms with Crippen molar-refractivity contribution in [2.75, 3.05) is 44.1 Å². The van der Waals surface area contributed by atoms with Crippen LogP contribution in [-0.2, 0) is 6.42 Å². The molecule has 1 aliphatic rings. The number of hydrogen-bond donors (Lipinski definition) is 1. The van der Waals surface area contributed by atoms with Gasteiger partial charge in [-0.25, -0.2) is 9.97 Å². The number of anilines is 2. The Kier molecular flexibility index (Phi) is 6.74. The second-order valence-electron chi connectivity index (χ2n) is 6.93. The van der Waals surface area contributed by atoms with Crippen LogP contribution in [0.2, 0.25) is 0 Å². The average Bonchev–Trinajstić information content (AvgIpc) is 2.97. The van der Waals surface area contributed by atoms with Crippen molar-refractivity contribution in [1.29, 1.82) is 0 Å². The minimum Gasteiger partial charge on any atom is -0.493 e. The summed E-state index contributed by atoms with van der Waals surface area (Å²) in [5.74, 6) is 4.25. The molecule has 0 amide bonds. The van der Waals surface area contributed by atoms with Crippen LogP contribution >= 0.6 is 0 Å². The lowest BCUT2D eigenvalue weighted by Gasteiger charge is -2.22. The number of methoxy groups -OCH3 is 2. The van der Waals surface area contributed by atoms with Crippen molar-refractivity contribution in [1.82, 2.24) is 9.97 Å². The first-order valence-corrected chi connectivity index (χ1v) is 9.75. The standard InChI is InChI=1S/C21H30N4O2/c1-16-23-20(15-21(24-16)25-12-6-4-5-7-13-25)22-11-10-17-8-9-18(26-2)19(14-17)27-3/h8-9,14-15H,4-7,10-13H2,1-3H3,(H,22,23,24). The summed E-state index contributed by atoms with van der Waals surface area (Å²) < 4.78 is 10.7. The van der Waals surface area contributed by atoms with E-state index in [-0.39, 0.29) is 0 Å². The average molecular weight is 370 g/mol. The molecule has 0 atom stereocenters. The van der Waals surface area contributed by atoms with E-state index in [0.29, 0.717) is 0 Å². The van der Waals surface area contributed by atoms with Crippen molar-refractivity contribution in [2.24, 2.45) is 0 Å². The zero-order valence-corrected chi connectivity index (χ0v) is 16.6. The van der Waals surface area contributed by atoms with Crippen molar-refractivity contribution in [3.05, 3.63) is 35.7 Å². The summed E-state index contributed by atoms with van der Waals surface area (Å²) in [6, 6.07) is 8.11. The van der Waals surface area contributed by atoms with E-state index in [1.807, 2.05) is 19.1 Å². The summed E-state index contributed by atoms with van der Waals surface area (Å²) in [5.41, 5.74) is 1.19. The van der Waals surface area contributed by atoms with Crippen molar-refractivity contribution in [2.45, 2.75) is 39.0 Å². The minimum absolute atomic E-state index is 0.753. The molecule has 1 saturated heterocycles. The lowest BCUT2D eigenvalue weighted by atomic mass is 10.1. The fourth-order valence-electron chi connectivity index (χ4n) is 3.48. The molecular formula is C21H30N4O2. The Morgan fingerprint density at radius 1 is 0.963 bits per heavy atom. The van der Waals surface area contributed by atoms with Gasteiger partial charge in [-0.1, -0.05) is 18.9 Å². The molecule has 6 nitrogen and oxygen atoms in total. The molecule has 0 radical (unpaired) electrons. The van der Waals surface area contributed by atoms with E-state index in [0.717, 1.165) is 55.0 Å². The summed E-state index contributed by atoms with van der Waals surface area (Å²) in [7, 11) is 3.31. The van der Waals surface area contributed by atoms with Crippen LogP contribution in [0.25, 0.3) is 0 Å². The maximum absolute atomic E-state index is 5.38. The van der Waals surface area contributed by atoms with Crippen LogP contribution in [0, 0.1) is 6.92 Å². The third-order valence-corrected chi connectivity index (χ3v) is 4.92. The second kappa shape index (κ2) is 9.44. The van der Waals surface area contributed by atoms with Gasteiger partial charge < -0.3 is 19.7 Å². The number of nitrogens with zero attached hydrogens (tertiary/aromatic N) is 3. The molecule has 0 spiro atoms. The third kappa shape index (κ3) is 5.25. The molecule has 1 aromatic heterocycles. The van der Waals surface area contributed by atoms with Crippen LogP contribution in [0.4, 0.5) is 11.6 Å². The van der Waals surface area contributed by atoms with E-state index in [9.17, 15) is 0 Å². The van der Waals surface area contributed by atoms with Crippen LogP contribution in [0.5, 0.6) is 11.5 Å². The van der Waals surface area contributed by atoms with Crippen LogP contribution in [0.15, 0.2) is 24.3 Å². The monoisotopic (exact) mass is 370 g/mol. The van der Waals surface area contributed by atoms with Crippen LogP contribution in [0.3, 0.4) is 0 Å². The van der Waals surface area contributed by atoms with Gasteiger partial charge in [0.05, 0.1) is 14.2 Å². The fraction of sp³-hybridized carbons (Fsp3) is 0.524. The Bertz CT molecular complexity index is 743. The molecule has 0 aliphatic carbocycles. The topological polar surface area (TPSA) is 59.5 Å². The van der Waals surface area contributed by atoms with Crippen LogP contribution in [0.1, 0.15) is 37.1 Å². The Balaban J connectivity index is 1.62. The van der Waals surface area contributed by atoms with Crippen molar-refractivity contribution in [3.8, 4) is 11.5 Å². The summed E-state index contributed by atoms with van der Waals surface area (Å²) in [4.78, 5) is 11.6. The number of aromatic nitrogens is 2. The van der Waals surface area contributed by atoms with Gasteiger partial charge in [0.2, 0.25) is 0 Å². The van der Waals surface area contributed by atoms with Gasteiger partial charge in [0.25, 0.3) is 0 Å². The van der Waals surface area contributed by atoms with Crippen LogP contribution < -0.4 is 19.7 Å². The third-order valence-electron chi connectivity index (χ3n) is 4.92. The van der Waals surface area contributed by atoms with Gasteiger partial charge >= 0.3 is 0 Å². The predicted octanol–water partition coefficient (Wildman–Crippen LogP) is 3.84. The van der Waals surface area contributed by atoms with Gasteiger partial charge in [0.15, 0.2) is 11.5 Å². The maximum Gasteiger partial charge on any atom is 0.160 e. The quantitative estimate of drug-likeness (QED) is 0.799. The minimum atomic E-state index is 0.753. The molecule has 27 heavy (non-hydrogen) atoms. The molecule has 1 fully saturated rings. The number of ether oxygens (including phenoxy) is 2. The molecule has 0 unspecified atom stereocenters. The Hall–Kier alpha value is -2.50. The molecule has 0 saturated carbocycles. The summed E-state index contributed by atoms with van der Waals surface area (Å²) in [5, 5.41) is 3.45. The first kappa shape index (κ1) is 19.3. The summed E-state index contributed by atoms with van der Waals surface area (Å²) in [6.45, 7) is 4.93. The highest BCUT2D eigenvalue weighted by atomic mass is 16.5. The second-order valence-corrected chi connectivity index (χ2v) is 6.93. The highest BCUT2D eigenvalue weighted by Crippen LogP contribution is 2.27. The molecule has 3 rings (SSSR count). The molecule has 146 valence electrons. The fourth-order valence-corrected chi connectivity index (χ4v) is 3.48. The van der Waals surface area contributed by atoms with Crippen molar-refractivity contribution in [3.63, 3.8) is 0 Å². The van der Waals surface area contributed by atoms with Gasteiger partial charge in [-0.05, 0) is 43.9 Å². The normalized spacial score (nSPS) is 14.6. The summed E-state index contributed by atoms with van der Waals surface area (Å²) in [6.07, 6.45) is 5.99. The molecule has 1 aliphatic heterocycles. The Morgan fingerprint density at radius 3 is 2.41 bits per heavy atom. The zero-order chi connectivity index (χ0) is 19.1. The highest BCUT2D eigenvalue weighted by Gasteiger charge is 2.13. The van der Waals surface area contributed by atoms with Gasteiger partial charge in [0.1, 0.15) is 17.5 Å². The number of rotatable bonds is 7. The first-order valence-electron chi connectivity index (χ1n) is 9.75. The number of aryl methyl sites for hydroxylation is 1. The predicted molar refractivity (Wildman–Crippen MR) is 109 cm³/mol. The lowest BCUT2D eigenvalue weighted by Crippen LogP contribution is -2.25. The molecule has 2 aromatic rings. The van der Waals surface area contributed by atoms with Gasteiger partial charge in [0, 0.05) is 25.7 Å². The van der Waals surface area contributed by atoms with Gasteiger partial charge in [-0.15, -0.1) is 0 Å². The molecule has 0 bridgehead atoms. The maximum atomic E-state index is 5.38. The Labute approximate surface area is 161 Å². The molecule has 6 heteroatoms. The number of benzene rings is 1. The van der Waals surface area contributed by atoms with E-state index in [2.05, 4.69) is 32.3 Å². The van der Waals surface area contributed by atoms with E-state index >= 15 is 0 Å². The van der Waals surface area contributed by atoms with E-state index in [1.165, 1.54) is 31.2 Å². The Morgan fingerprint density at radius 2 is 1.70 bits per heavy atom. The van der Waals surface area contributed by atoms with E-state index in [1.54, 1.807) is 14.2 Å². The molecule has 2 heterocycles. The van der Waals surface area contributed by atoms with Crippen LogP contribution in [-0.4, -0.2) is 43.8 Å². The summed E-state index contributed by atoms with van der Waals surface area (Å²) >= 11 is 0. The first-order chi connectivity index (χ1) is 13.2. The number of hydrogen-bond acceptors (Lipinski definition) is 6. The van der Waals surface area contributed by atoms with E-state index < -0.39 is 0 Å². The van der Waals surface area contributed by atoms with Crippen molar-refractivity contribution < 1.29 is 9.47 Å². The molecular weight excluding hydrogens is 340 g/mol. The lowest BCUT2D eigenvalue weighted by molar-refractivity contribution is 0.354.